The molecular formula is C17H12BrClFN3O3. The van der Waals surface area contributed by atoms with Gasteiger partial charge < -0.3 is 20.6 Å². The summed E-state index contributed by atoms with van der Waals surface area (Å²) in [5.74, 6) is -1.04. The SMILES string of the molecule is O=C1NCC2(N1)C(=O)N(Cc1ccc(Br)cc1F)c1c(Cl)cc(O)cc12. The molecule has 2 aliphatic heterocycles. The summed E-state index contributed by atoms with van der Waals surface area (Å²) in [4.78, 5) is 26.2. The number of hydrogen-bond acceptors (Lipinski definition) is 3. The van der Waals surface area contributed by atoms with Crippen molar-refractivity contribution in [3.8, 4) is 5.75 Å². The molecule has 0 bridgehead atoms. The van der Waals surface area contributed by atoms with Gasteiger partial charge in [-0.05, 0) is 18.2 Å². The number of anilines is 1. The molecule has 3 amide bonds. The van der Waals surface area contributed by atoms with Crippen LogP contribution >= 0.6 is 27.5 Å². The molecule has 1 spiro atoms. The lowest BCUT2D eigenvalue weighted by Gasteiger charge is -2.23. The molecule has 1 atom stereocenters. The van der Waals surface area contributed by atoms with Crippen molar-refractivity contribution in [2.24, 2.45) is 0 Å². The molecule has 0 saturated carbocycles. The highest BCUT2D eigenvalue weighted by atomic mass is 79.9. The smallest absolute Gasteiger partial charge is 0.316 e. The van der Waals surface area contributed by atoms with E-state index in [1.165, 1.54) is 23.1 Å². The topological polar surface area (TPSA) is 81.7 Å². The van der Waals surface area contributed by atoms with E-state index in [0.717, 1.165) is 0 Å². The Bertz CT molecular complexity index is 971. The predicted octanol–water partition coefficient (Wildman–Crippen LogP) is 3.00. The summed E-state index contributed by atoms with van der Waals surface area (Å²) in [6.07, 6.45) is 0. The van der Waals surface area contributed by atoms with Crippen LogP contribution in [0.4, 0.5) is 14.9 Å². The quantitative estimate of drug-likeness (QED) is 0.671. The van der Waals surface area contributed by atoms with E-state index < -0.39 is 23.3 Å². The van der Waals surface area contributed by atoms with Crippen molar-refractivity contribution >= 4 is 45.2 Å². The summed E-state index contributed by atoms with van der Waals surface area (Å²) in [7, 11) is 0. The van der Waals surface area contributed by atoms with Gasteiger partial charge in [0.15, 0.2) is 5.54 Å². The fourth-order valence-corrected chi connectivity index (χ4v) is 4.04. The summed E-state index contributed by atoms with van der Waals surface area (Å²) < 4.78 is 14.9. The van der Waals surface area contributed by atoms with Crippen LogP contribution in [0.5, 0.6) is 5.75 Å². The zero-order valence-corrected chi connectivity index (χ0v) is 15.5. The highest BCUT2D eigenvalue weighted by Gasteiger charge is 2.56. The zero-order valence-electron chi connectivity index (χ0n) is 13.1. The molecule has 0 aromatic heterocycles. The number of carbonyl (C=O) groups is 2. The van der Waals surface area contributed by atoms with Gasteiger partial charge in [0.05, 0.1) is 23.8 Å². The van der Waals surface area contributed by atoms with Gasteiger partial charge in [-0.15, -0.1) is 0 Å². The van der Waals surface area contributed by atoms with Crippen molar-refractivity contribution < 1.29 is 19.1 Å². The largest absolute Gasteiger partial charge is 0.508 e. The first-order valence-electron chi connectivity index (χ1n) is 7.67. The van der Waals surface area contributed by atoms with E-state index >= 15 is 0 Å². The molecule has 1 unspecified atom stereocenters. The Morgan fingerprint density at radius 2 is 2.08 bits per heavy atom. The van der Waals surface area contributed by atoms with E-state index in [9.17, 15) is 19.1 Å². The predicted molar refractivity (Wildman–Crippen MR) is 96.6 cm³/mol. The maximum Gasteiger partial charge on any atom is 0.316 e. The Morgan fingerprint density at radius 1 is 1.31 bits per heavy atom. The lowest BCUT2D eigenvalue weighted by atomic mass is 9.92. The molecule has 2 aromatic carbocycles. The Balaban J connectivity index is 1.84. The number of amides is 3. The molecule has 9 heteroatoms. The number of aromatic hydroxyl groups is 1. The fourth-order valence-electron chi connectivity index (χ4n) is 3.39. The van der Waals surface area contributed by atoms with Crippen LogP contribution in [0.25, 0.3) is 0 Å². The second-order valence-electron chi connectivity index (χ2n) is 6.16. The van der Waals surface area contributed by atoms with Crippen LogP contribution in [-0.2, 0) is 16.9 Å². The maximum absolute atomic E-state index is 14.3. The van der Waals surface area contributed by atoms with E-state index in [4.69, 9.17) is 11.6 Å². The molecule has 134 valence electrons. The minimum Gasteiger partial charge on any atom is -0.508 e. The van der Waals surface area contributed by atoms with Gasteiger partial charge in [0.1, 0.15) is 11.6 Å². The number of phenols is 1. The average molecular weight is 441 g/mol. The molecule has 3 N–H and O–H groups in total. The lowest BCUT2D eigenvalue weighted by Crippen LogP contribution is -2.49. The van der Waals surface area contributed by atoms with Crippen molar-refractivity contribution in [2.45, 2.75) is 12.1 Å². The van der Waals surface area contributed by atoms with Crippen molar-refractivity contribution in [2.75, 3.05) is 11.4 Å². The first-order valence-corrected chi connectivity index (χ1v) is 8.84. The molecule has 2 aliphatic rings. The number of phenolic OH excluding ortho intramolecular Hbond substituents is 1. The van der Waals surface area contributed by atoms with E-state index in [-0.39, 0.29) is 23.9 Å². The second kappa shape index (κ2) is 5.85. The number of nitrogens with zero attached hydrogens (tertiary/aromatic N) is 1. The number of halogens is 3. The van der Waals surface area contributed by atoms with E-state index in [1.54, 1.807) is 12.1 Å². The molecule has 2 heterocycles. The highest BCUT2D eigenvalue weighted by molar-refractivity contribution is 9.10. The van der Waals surface area contributed by atoms with Crippen LogP contribution < -0.4 is 15.5 Å². The van der Waals surface area contributed by atoms with Crippen LogP contribution in [0, 0.1) is 5.82 Å². The normalized spacial score (nSPS) is 21.1. The zero-order chi connectivity index (χ0) is 18.6. The van der Waals surface area contributed by atoms with Crippen molar-refractivity contribution in [3.63, 3.8) is 0 Å². The Morgan fingerprint density at radius 3 is 2.73 bits per heavy atom. The molecular weight excluding hydrogens is 429 g/mol. The van der Waals surface area contributed by atoms with E-state index in [1.807, 2.05) is 0 Å². The number of hydrogen-bond donors (Lipinski definition) is 3. The molecule has 0 aliphatic carbocycles. The van der Waals surface area contributed by atoms with Crippen LogP contribution in [0.1, 0.15) is 11.1 Å². The van der Waals surface area contributed by atoms with Gasteiger partial charge in [0.2, 0.25) is 0 Å². The molecule has 1 saturated heterocycles. The third-order valence-electron chi connectivity index (χ3n) is 4.57. The Labute approximate surface area is 161 Å². The van der Waals surface area contributed by atoms with Gasteiger partial charge in [-0.25, -0.2) is 9.18 Å². The first-order chi connectivity index (χ1) is 12.3. The van der Waals surface area contributed by atoms with Crippen molar-refractivity contribution in [1.29, 1.82) is 0 Å². The Kier molecular flexibility index (Phi) is 3.85. The minimum atomic E-state index is -1.37. The van der Waals surface area contributed by atoms with Crippen LogP contribution in [0.2, 0.25) is 5.02 Å². The fraction of sp³-hybridized carbons (Fsp3) is 0.176. The van der Waals surface area contributed by atoms with Crippen LogP contribution in [0.15, 0.2) is 34.8 Å². The standard InChI is InChI=1S/C17H12BrClFN3O3/c18-9-2-1-8(13(20)3-9)6-23-14-11(4-10(24)5-12(14)19)17(15(23)25)7-21-16(26)22-17/h1-5,24H,6-7H2,(H2,21,22,26). The monoisotopic (exact) mass is 439 g/mol. The van der Waals surface area contributed by atoms with Crippen molar-refractivity contribution in [1.82, 2.24) is 10.6 Å². The van der Waals surface area contributed by atoms with E-state index in [0.29, 0.717) is 21.3 Å². The summed E-state index contributed by atoms with van der Waals surface area (Å²) in [6.45, 7) is -0.0518. The molecule has 2 aromatic rings. The summed E-state index contributed by atoms with van der Waals surface area (Å²) in [6, 6.07) is 6.75. The summed E-state index contributed by atoms with van der Waals surface area (Å²) >= 11 is 9.47. The number of benzene rings is 2. The molecule has 6 nitrogen and oxygen atoms in total. The van der Waals surface area contributed by atoms with Gasteiger partial charge in [0.25, 0.3) is 5.91 Å². The maximum atomic E-state index is 14.3. The van der Waals surface area contributed by atoms with Gasteiger partial charge >= 0.3 is 6.03 Å². The summed E-state index contributed by atoms with van der Waals surface area (Å²) in [5, 5.41) is 15.2. The average Bonchev–Trinajstić information content (AvgIpc) is 3.05. The number of fused-ring (bicyclic) bond motifs is 2. The van der Waals surface area contributed by atoms with Gasteiger partial charge in [-0.1, -0.05) is 33.6 Å². The van der Waals surface area contributed by atoms with Gasteiger partial charge in [-0.3, -0.25) is 4.79 Å². The number of urea groups is 1. The molecule has 1 fully saturated rings. The lowest BCUT2D eigenvalue weighted by molar-refractivity contribution is -0.123. The van der Waals surface area contributed by atoms with Crippen molar-refractivity contribution in [3.05, 3.63) is 56.8 Å². The molecule has 4 rings (SSSR count). The third kappa shape index (κ3) is 2.44. The van der Waals surface area contributed by atoms with Gasteiger partial charge in [0, 0.05) is 21.7 Å². The Hall–Kier alpha value is -2.32. The number of nitrogens with one attached hydrogen (secondary N) is 2. The summed E-state index contributed by atoms with van der Waals surface area (Å²) in [5.41, 5.74) is -0.351. The highest BCUT2D eigenvalue weighted by Crippen LogP contribution is 2.47. The van der Waals surface area contributed by atoms with Crippen LogP contribution in [0.3, 0.4) is 0 Å². The molecule has 26 heavy (non-hydrogen) atoms. The van der Waals surface area contributed by atoms with Gasteiger partial charge in [-0.2, -0.15) is 0 Å². The number of carbonyl (C=O) groups excluding carboxylic acids is 2. The minimum absolute atomic E-state index is 0.0107. The second-order valence-corrected chi connectivity index (χ2v) is 7.49. The van der Waals surface area contributed by atoms with E-state index in [2.05, 4.69) is 26.6 Å². The third-order valence-corrected chi connectivity index (χ3v) is 5.35. The van der Waals surface area contributed by atoms with Crippen LogP contribution in [-0.4, -0.2) is 23.6 Å². The number of rotatable bonds is 2. The first kappa shape index (κ1) is 17.1. The molecule has 0 radical (unpaired) electrons.